The predicted molar refractivity (Wildman–Crippen MR) is 95.9 cm³/mol. The molecule has 0 aromatic heterocycles. The van der Waals surface area contributed by atoms with Crippen molar-refractivity contribution in [3.8, 4) is 0 Å². The molecule has 0 aliphatic rings. The van der Waals surface area contributed by atoms with Gasteiger partial charge in [-0.25, -0.2) is 4.39 Å². The van der Waals surface area contributed by atoms with E-state index in [4.69, 9.17) is 39.5 Å². The summed E-state index contributed by atoms with van der Waals surface area (Å²) in [5.74, 6) is -2.03. The van der Waals surface area contributed by atoms with E-state index >= 15 is 0 Å². The van der Waals surface area contributed by atoms with Crippen LogP contribution in [0.3, 0.4) is 0 Å². The molecule has 0 bridgehead atoms. The number of carbonyl (C=O) groups excluding carboxylic acids is 2. The molecule has 0 spiro atoms. The van der Waals surface area contributed by atoms with Crippen LogP contribution in [-0.4, -0.2) is 18.5 Å². The van der Waals surface area contributed by atoms with Crippen LogP contribution in [0.25, 0.3) is 0 Å². The third-order valence-corrected chi connectivity index (χ3v) is 4.45. The van der Waals surface area contributed by atoms with Crippen LogP contribution in [0.2, 0.25) is 15.1 Å². The Morgan fingerprint density at radius 2 is 1.84 bits per heavy atom. The average molecular weight is 405 g/mol. The van der Waals surface area contributed by atoms with Crippen LogP contribution in [0, 0.1) is 12.7 Å². The van der Waals surface area contributed by atoms with Crippen LogP contribution in [0.4, 0.5) is 10.1 Å². The second-order valence-corrected chi connectivity index (χ2v) is 6.33. The normalized spacial score (nSPS) is 10.4. The Morgan fingerprint density at radius 1 is 1.12 bits per heavy atom. The van der Waals surface area contributed by atoms with Crippen molar-refractivity contribution in [2.24, 2.45) is 0 Å². The maximum absolute atomic E-state index is 13.6. The summed E-state index contributed by atoms with van der Waals surface area (Å²) in [6, 6.07) is 7.36. The smallest absolute Gasteiger partial charge is 0.310 e. The maximum atomic E-state index is 13.6. The van der Waals surface area contributed by atoms with Gasteiger partial charge in [-0.2, -0.15) is 0 Å². The van der Waals surface area contributed by atoms with Crippen LogP contribution in [-0.2, 0) is 20.7 Å². The molecule has 0 aliphatic carbocycles. The standard InChI is InChI=1S/C17H13Cl3FNO3/c1-9-5-6-12(19)17(16(9)20)22-14(23)8-25-15(24)7-10-11(18)3-2-4-13(10)21/h2-6H,7-8H2,1H3,(H,22,23). The second kappa shape index (κ2) is 8.52. The summed E-state index contributed by atoms with van der Waals surface area (Å²) >= 11 is 17.9. The Morgan fingerprint density at radius 3 is 2.52 bits per heavy atom. The molecule has 0 saturated carbocycles. The van der Waals surface area contributed by atoms with Gasteiger partial charge < -0.3 is 10.1 Å². The molecule has 2 rings (SSSR count). The number of nitrogens with one attached hydrogen (secondary N) is 1. The van der Waals surface area contributed by atoms with Gasteiger partial charge in [-0.1, -0.05) is 46.9 Å². The van der Waals surface area contributed by atoms with Crippen LogP contribution in [0.5, 0.6) is 0 Å². The summed E-state index contributed by atoms with van der Waals surface area (Å²) in [6.45, 7) is 1.19. The number of aryl methyl sites for hydroxylation is 1. The molecule has 2 aromatic rings. The Bertz CT molecular complexity index is 807. The topological polar surface area (TPSA) is 55.4 Å². The van der Waals surface area contributed by atoms with Crippen molar-refractivity contribution >= 4 is 52.4 Å². The molecular weight excluding hydrogens is 392 g/mol. The first kappa shape index (κ1) is 19.5. The van der Waals surface area contributed by atoms with E-state index in [1.54, 1.807) is 19.1 Å². The Balaban J connectivity index is 1.94. The Labute approximate surface area is 158 Å². The molecule has 0 radical (unpaired) electrons. The highest BCUT2D eigenvalue weighted by Crippen LogP contribution is 2.32. The van der Waals surface area contributed by atoms with Crippen molar-refractivity contribution in [2.75, 3.05) is 11.9 Å². The summed E-state index contributed by atoms with van der Waals surface area (Å²) < 4.78 is 18.5. The summed E-state index contributed by atoms with van der Waals surface area (Å²) in [6.07, 6.45) is -0.384. The summed E-state index contributed by atoms with van der Waals surface area (Å²) in [5, 5.41) is 3.15. The molecule has 1 N–H and O–H groups in total. The molecule has 0 atom stereocenters. The monoisotopic (exact) mass is 403 g/mol. The van der Waals surface area contributed by atoms with Gasteiger partial charge in [0.05, 0.1) is 22.2 Å². The van der Waals surface area contributed by atoms with Gasteiger partial charge in [0, 0.05) is 10.6 Å². The van der Waals surface area contributed by atoms with Crippen molar-refractivity contribution in [3.63, 3.8) is 0 Å². The van der Waals surface area contributed by atoms with E-state index in [1.807, 2.05) is 0 Å². The average Bonchev–Trinajstić information content (AvgIpc) is 2.57. The Hall–Kier alpha value is -1.82. The van der Waals surface area contributed by atoms with E-state index < -0.39 is 24.3 Å². The molecule has 132 valence electrons. The highest BCUT2D eigenvalue weighted by Gasteiger charge is 2.16. The largest absolute Gasteiger partial charge is 0.455 e. The molecule has 1 amide bonds. The van der Waals surface area contributed by atoms with Crippen LogP contribution >= 0.6 is 34.8 Å². The third-order valence-electron chi connectivity index (χ3n) is 3.30. The number of halogens is 4. The fourth-order valence-electron chi connectivity index (χ4n) is 1.99. The SMILES string of the molecule is Cc1ccc(Cl)c(NC(=O)COC(=O)Cc2c(F)cccc2Cl)c1Cl. The van der Waals surface area contributed by atoms with Gasteiger partial charge in [0.15, 0.2) is 6.61 Å². The first-order chi connectivity index (χ1) is 11.8. The minimum Gasteiger partial charge on any atom is -0.455 e. The molecule has 0 fully saturated rings. The lowest BCUT2D eigenvalue weighted by Gasteiger charge is -2.11. The Kier molecular flexibility index (Phi) is 6.64. The van der Waals surface area contributed by atoms with Gasteiger partial charge >= 0.3 is 5.97 Å². The fourth-order valence-corrected chi connectivity index (χ4v) is 2.68. The van der Waals surface area contributed by atoms with E-state index in [9.17, 15) is 14.0 Å². The number of benzene rings is 2. The van der Waals surface area contributed by atoms with Gasteiger partial charge in [0.2, 0.25) is 0 Å². The number of hydrogen-bond acceptors (Lipinski definition) is 3. The quantitative estimate of drug-likeness (QED) is 0.727. The van der Waals surface area contributed by atoms with Gasteiger partial charge in [0.25, 0.3) is 5.91 Å². The highest BCUT2D eigenvalue weighted by atomic mass is 35.5. The van der Waals surface area contributed by atoms with E-state index in [2.05, 4.69) is 5.32 Å². The van der Waals surface area contributed by atoms with Crippen molar-refractivity contribution in [1.29, 1.82) is 0 Å². The number of rotatable bonds is 5. The lowest BCUT2D eigenvalue weighted by molar-refractivity contribution is -0.146. The van der Waals surface area contributed by atoms with Crippen molar-refractivity contribution in [3.05, 3.63) is 62.3 Å². The second-order valence-electron chi connectivity index (χ2n) is 5.14. The molecule has 2 aromatic carbocycles. The van der Waals surface area contributed by atoms with Gasteiger partial charge in [-0.3, -0.25) is 9.59 Å². The summed E-state index contributed by atoms with van der Waals surface area (Å²) in [5.41, 5.74) is 0.980. The van der Waals surface area contributed by atoms with E-state index in [1.165, 1.54) is 18.2 Å². The molecule has 8 heteroatoms. The van der Waals surface area contributed by atoms with E-state index in [0.717, 1.165) is 5.56 Å². The molecule has 0 unspecified atom stereocenters. The molecular formula is C17H13Cl3FNO3. The lowest BCUT2D eigenvalue weighted by atomic mass is 10.1. The molecule has 0 heterocycles. The fraction of sp³-hybridized carbons (Fsp3) is 0.176. The minimum atomic E-state index is -0.788. The number of anilines is 1. The van der Waals surface area contributed by atoms with Crippen molar-refractivity contribution in [2.45, 2.75) is 13.3 Å². The first-order valence-electron chi connectivity index (χ1n) is 7.12. The van der Waals surface area contributed by atoms with Gasteiger partial charge in [-0.15, -0.1) is 0 Å². The van der Waals surface area contributed by atoms with E-state index in [0.29, 0.717) is 5.02 Å². The van der Waals surface area contributed by atoms with Crippen molar-refractivity contribution in [1.82, 2.24) is 0 Å². The number of amides is 1. The predicted octanol–water partition coefficient (Wildman–Crippen LogP) is 4.82. The zero-order valence-electron chi connectivity index (χ0n) is 13.0. The molecule has 4 nitrogen and oxygen atoms in total. The number of ether oxygens (including phenoxy) is 1. The zero-order valence-corrected chi connectivity index (χ0v) is 15.3. The van der Waals surface area contributed by atoms with Crippen LogP contribution in [0.15, 0.2) is 30.3 Å². The summed E-state index contributed by atoms with van der Waals surface area (Å²) in [7, 11) is 0. The van der Waals surface area contributed by atoms with Crippen molar-refractivity contribution < 1.29 is 18.7 Å². The maximum Gasteiger partial charge on any atom is 0.310 e. The lowest BCUT2D eigenvalue weighted by Crippen LogP contribution is -2.22. The number of esters is 1. The number of carbonyl (C=O) groups is 2. The minimum absolute atomic E-state index is 0.0133. The number of hydrogen-bond donors (Lipinski definition) is 1. The van der Waals surface area contributed by atoms with Gasteiger partial charge in [-0.05, 0) is 30.7 Å². The zero-order chi connectivity index (χ0) is 18.6. The van der Waals surface area contributed by atoms with Crippen LogP contribution in [0.1, 0.15) is 11.1 Å². The molecule has 0 aliphatic heterocycles. The highest BCUT2D eigenvalue weighted by molar-refractivity contribution is 6.40. The van der Waals surface area contributed by atoms with Gasteiger partial charge in [0.1, 0.15) is 5.82 Å². The van der Waals surface area contributed by atoms with Crippen LogP contribution < -0.4 is 5.32 Å². The third kappa shape index (κ3) is 5.08. The molecule has 25 heavy (non-hydrogen) atoms. The summed E-state index contributed by atoms with van der Waals surface area (Å²) in [4.78, 5) is 23.7. The molecule has 0 saturated heterocycles. The first-order valence-corrected chi connectivity index (χ1v) is 8.26. The van der Waals surface area contributed by atoms with E-state index in [-0.39, 0.29) is 27.7 Å².